The molecule has 3 N–H and O–H groups in total. The van der Waals surface area contributed by atoms with Gasteiger partial charge in [0.25, 0.3) is 6.43 Å². The number of alkyl halides is 2. The van der Waals surface area contributed by atoms with Crippen molar-refractivity contribution >= 4 is 5.69 Å². The Morgan fingerprint density at radius 1 is 1.64 bits per heavy atom. The minimum atomic E-state index is -2.70. The van der Waals surface area contributed by atoms with E-state index in [-0.39, 0.29) is 22.8 Å². The highest BCUT2D eigenvalue weighted by Gasteiger charge is 2.17. The van der Waals surface area contributed by atoms with Crippen molar-refractivity contribution in [1.82, 2.24) is 4.98 Å². The lowest BCUT2D eigenvalue weighted by molar-refractivity contribution is 0.145. The molecule has 0 radical (unpaired) electrons. The topological polar surface area (TPSA) is 68.4 Å². The van der Waals surface area contributed by atoms with Gasteiger partial charge in [-0.3, -0.25) is 0 Å². The van der Waals surface area contributed by atoms with Crippen LogP contribution < -0.4 is 10.5 Å². The molecular formula is C8H10F2N2O2. The summed E-state index contributed by atoms with van der Waals surface area (Å²) in [5.74, 6) is -0.210. The minimum Gasteiger partial charge on any atom is -0.481 e. The van der Waals surface area contributed by atoms with Gasteiger partial charge in [0.05, 0.1) is 30.7 Å². The molecule has 1 aromatic heterocycles. The lowest BCUT2D eigenvalue weighted by Crippen LogP contribution is -2.04. The van der Waals surface area contributed by atoms with Crippen molar-refractivity contribution in [3.63, 3.8) is 0 Å². The largest absolute Gasteiger partial charge is 0.481 e. The van der Waals surface area contributed by atoms with Crippen LogP contribution in [0.2, 0.25) is 0 Å². The molecule has 1 rings (SSSR count). The molecule has 0 aromatic carbocycles. The van der Waals surface area contributed by atoms with E-state index < -0.39 is 13.0 Å². The lowest BCUT2D eigenvalue weighted by Gasteiger charge is -2.10. The molecule has 1 heterocycles. The lowest BCUT2D eigenvalue weighted by atomic mass is 10.2. The van der Waals surface area contributed by atoms with Gasteiger partial charge in [-0.05, 0) is 6.07 Å². The first-order valence-electron chi connectivity index (χ1n) is 3.82. The fourth-order valence-electron chi connectivity index (χ4n) is 1.01. The Bertz CT molecular complexity index is 331. The first-order valence-corrected chi connectivity index (χ1v) is 3.82. The van der Waals surface area contributed by atoms with Crippen LogP contribution in [0.3, 0.4) is 0 Å². The van der Waals surface area contributed by atoms with E-state index in [4.69, 9.17) is 10.8 Å². The average Bonchev–Trinajstić information content (AvgIpc) is 2.17. The number of hydrogen-bond donors (Lipinski definition) is 2. The molecule has 0 spiro atoms. The molecule has 0 amide bonds. The predicted octanol–water partition coefficient (Wildman–Crippen LogP) is 1.10. The summed E-state index contributed by atoms with van der Waals surface area (Å²) < 4.78 is 29.4. The van der Waals surface area contributed by atoms with Crippen LogP contribution in [-0.2, 0) is 6.61 Å². The number of nitrogen functional groups attached to an aromatic ring is 1. The molecule has 0 aliphatic heterocycles. The summed E-state index contributed by atoms with van der Waals surface area (Å²) in [6.07, 6.45) is -2.70. The number of anilines is 1. The Morgan fingerprint density at radius 2 is 2.29 bits per heavy atom. The van der Waals surface area contributed by atoms with Crippen molar-refractivity contribution in [3.8, 4) is 5.88 Å². The van der Waals surface area contributed by atoms with Gasteiger partial charge >= 0.3 is 0 Å². The van der Waals surface area contributed by atoms with Crippen LogP contribution >= 0.6 is 0 Å². The zero-order chi connectivity index (χ0) is 10.7. The number of methoxy groups -OCH3 is 1. The molecule has 14 heavy (non-hydrogen) atoms. The Labute approximate surface area is 79.3 Å². The summed E-state index contributed by atoms with van der Waals surface area (Å²) in [5.41, 5.74) is 5.17. The van der Waals surface area contributed by atoms with Gasteiger partial charge in [-0.15, -0.1) is 0 Å². The number of aliphatic hydroxyl groups excluding tert-OH is 1. The number of rotatable bonds is 3. The fraction of sp³-hybridized carbons (Fsp3) is 0.375. The monoisotopic (exact) mass is 204 g/mol. The highest BCUT2D eigenvalue weighted by Crippen LogP contribution is 2.30. The van der Waals surface area contributed by atoms with Crippen LogP contribution in [0.15, 0.2) is 6.07 Å². The van der Waals surface area contributed by atoms with E-state index in [1.165, 1.54) is 7.11 Å². The molecule has 0 unspecified atom stereocenters. The maximum atomic E-state index is 12.4. The predicted molar refractivity (Wildman–Crippen MR) is 46.1 cm³/mol. The number of hydrogen-bond acceptors (Lipinski definition) is 4. The number of pyridine rings is 1. The second-order valence-corrected chi connectivity index (χ2v) is 2.58. The highest BCUT2D eigenvalue weighted by molar-refractivity contribution is 5.49. The second-order valence-electron chi connectivity index (χ2n) is 2.58. The third-order valence-corrected chi connectivity index (χ3v) is 1.71. The standard InChI is InChI=1S/C8H10F2N2O2/c1-14-8-4(7(9)10)2-5(11)6(3-13)12-8/h2,7,13H,3,11H2,1H3. The Morgan fingerprint density at radius 3 is 2.71 bits per heavy atom. The molecule has 0 saturated heterocycles. The number of halogens is 2. The quantitative estimate of drug-likeness (QED) is 0.773. The third-order valence-electron chi connectivity index (χ3n) is 1.71. The smallest absolute Gasteiger partial charge is 0.269 e. The van der Waals surface area contributed by atoms with Gasteiger partial charge in [-0.2, -0.15) is 0 Å². The molecule has 1 aromatic rings. The average molecular weight is 204 g/mol. The minimum absolute atomic E-state index is 0.0311. The van der Waals surface area contributed by atoms with E-state index in [9.17, 15) is 8.78 Å². The molecule has 0 fully saturated rings. The number of nitrogens with two attached hydrogens (primary N) is 1. The first-order chi connectivity index (χ1) is 6.60. The zero-order valence-electron chi connectivity index (χ0n) is 7.50. The maximum Gasteiger partial charge on any atom is 0.269 e. The molecule has 0 bridgehead atoms. The van der Waals surface area contributed by atoms with Crippen molar-refractivity contribution in [2.45, 2.75) is 13.0 Å². The summed E-state index contributed by atoms with van der Waals surface area (Å²) in [6, 6.07) is 1.06. The van der Waals surface area contributed by atoms with Gasteiger partial charge in [0.2, 0.25) is 5.88 Å². The van der Waals surface area contributed by atoms with E-state index >= 15 is 0 Å². The van der Waals surface area contributed by atoms with E-state index in [1.54, 1.807) is 0 Å². The normalized spacial score (nSPS) is 10.6. The Kier molecular flexibility index (Phi) is 3.19. The van der Waals surface area contributed by atoms with Crippen LogP contribution in [0.4, 0.5) is 14.5 Å². The fourth-order valence-corrected chi connectivity index (χ4v) is 1.01. The van der Waals surface area contributed by atoms with Crippen LogP contribution in [0.5, 0.6) is 5.88 Å². The van der Waals surface area contributed by atoms with Gasteiger partial charge in [0.15, 0.2) is 0 Å². The summed E-state index contributed by atoms with van der Waals surface area (Å²) >= 11 is 0. The van der Waals surface area contributed by atoms with E-state index in [2.05, 4.69) is 9.72 Å². The van der Waals surface area contributed by atoms with E-state index in [1.807, 2.05) is 0 Å². The van der Waals surface area contributed by atoms with Gasteiger partial charge in [0, 0.05) is 0 Å². The number of aromatic nitrogens is 1. The van der Waals surface area contributed by atoms with Crippen LogP contribution in [0.1, 0.15) is 17.7 Å². The van der Waals surface area contributed by atoms with Gasteiger partial charge in [0.1, 0.15) is 0 Å². The van der Waals surface area contributed by atoms with Crippen molar-refractivity contribution in [2.75, 3.05) is 12.8 Å². The van der Waals surface area contributed by atoms with Crippen LogP contribution in [0.25, 0.3) is 0 Å². The van der Waals surface area contributed by atoms with Crippen molar-refractivity contribution in [2.24, 2.45) is 0 Å². The highest BCUT2D eigenvalue weighted by atomic mass is 19.3. The summed E-state index contributed by atoms with van der Waals surface area (Å²) in [4.78, 5) is 3.65. The molecular weight excluding hydrogens is 194 g/mol. The molecule has 78 valence electrons. The van der Waals surface area contributed by atoms with Crippen LogP contribution in [0, 0.1) is 0 Å². The van der Waals surface area contributed by atoms with Gasteiger partial charge < -0.3 is 15.6 Å². The van der Waals surface area contributed by atoms with Crippen molar-refractivity contribution in [3.05, 3.63) is 17.3 Å². The van der Waals surface area contributed by atoms with Gasteiger partial charge in [-0.25, -0.2) is 13.8 Å². The molecule has 0 saturated carbocycles. The SMILES string of the molecule is COc1nc(CO)c(N)cc1C(F)F. The number of ether oxygens (including phenoxy) is 1. The third kappa shape index (κ3) is 1.90. The molecule has 4 nitrogen and oxygen atoms in total. The molecule has 0 atom stereocenters. The first kappa shape index (κ1) is 10.6. The number of aliphatic hydroxyl groups is 1. The van der Waals surface area contributed by atoms with Gasteiger partial charge in [-0.1, -0.05) is 0 Å². The van der Waals surface area contributed by atoms with Crippen molar-refractivity contribution in [1.29, 1.82) is 0 Å². The van der Waals surface area contributed by atoms with E-state index in [0.29, 0.717) is 0 Å². The molecule has 6 heteroatoms. The van der Waals surface area contributed by atoms with Crippen LogP contribution in [-0.4, -0.2) is 17.2 Å². The molecule has 0 aliphatic carbocycles. The number of nitrogens with zero attached hydrogens (tertiary/aromatic N) is 1. The maximum absolute atomic E-state index is 12.4. The second kappa shape index (κ2) is 4.19. The van der Waals surface area contributed by atoms with E-state index in [0.717, 1.165) is 6.07 Å². The summed E-state index contributed by atoms with van der Waals surface area (Å²) in [5, 5.41) is 8.78. The Balaban J connectivity index is 3.24. The Hall–Kier alpha value is -1.43. The summed E-state index contributed by atoms with van der Waals surface area (Å²) in [6.45, 7) is -0.411. The summed E-state index contributed by atoms with van der Waals surface area (Å²) in [7, 11) is 1.23. The molecule has 0 aliphatic rings. The zero-order valence-corrected chi connectivity index (χ0v) is 7.50. The van der Waals surface area contributed by atoms with Crippen molar-refractivity contribution < 1.29 is 18.6 Å².